The molecule has 7 heteroatoms. The number of hydrogen-bond acceptors (Lipinski definition) is 3. The molecule has 126 valence electrons. The van der Waals surface area contributed by atoms with Crippen LogP contribution in [0.5, 0.6) is 0 Å². The Morgan fingerprint density at radius 2 is 1.83 bits per heavy atom. The number of aromatic nitrogens is 2. The summed E-state index contributed by atoms with van der Waals surface area (Å²) < 4.78 is 37.9. The van der Waals surface area contributed by atoms with Crippen molar-refractivity contribution in [3.63, 3.8) is 0 Å². The Morgan fingerprint density at radius 1 is 1.17 bits per heavy atom. The van der Waals surface area contributed by atoms with Crippen LogP contribution in [0.25, 0.3) is 0 Å². The Morgan fingerprint density at radius 3 is 2.33 bits per heavy atom. The van der Waals surface area contributed by atoms with E-state index in [1.54, 1.807) is 11.8 Å². The van der Waals surface area contributed by atoms with Gasteiger partial charge in [0.1, 0.15) is 5.69 Å². The molecule has 1 amide bonds. The second-order valence-electron chi connectivity index (χ2n) is 5.90. The fraction of sp³-hybridized carbons (Fsp3) is 0.353. The van der Waals surface area contributed by atoms with Gasteiger partial charge in [0.25, 0.3) is 5.91 Å². The molecule has 1 aromatic heterocycles. The first-order valence-electron chi connectivity index (χ1n) is 7.60. The first-order valence-corrected chi connectivity index (χ1v) is 7.60. The molecular formula is C17H16F3N3O. The third kappa shape index (κ3) is 3.72. The Labute approximate surface area is 137 Å². The van der Waals surface area contributed by atoms with E-state index in [0.29, 0.717) is 11.3 Å². The van der Waals surface area contributed by atoms with E-state index in [1.165, 1.54) is 24.5 Å². The molecule has 0 spiro atoms. The van der Waals surface area contributed by atoms with E-state index in [1.807, 2.05) is 0 Å². The van der Waals surface area contributed by atoms with Crippen LogP contribution in [-0.2, 0) is 12.7 Å². The van der Waals surface area contributed by atoms with Crippen molar-refractivity contribution < 1.29 is 18.0 Å². The molecule has 0 aliphatic heterocycles. The number of halogens is 3. The van der Waals surface area contributed by atoms with Crippen molar-refractivity contribution in [2.75, 3.05) is 0 Å². The molecule has 2 aromatic rings. The van der Waals surface area contributed by atoms with Crippen LogP contribution in [0.3, 0.4) is 0 Å². The fourth-order valence-corrected chi connectivity index (χ4v) is 2.40. The molecule has 1 aromatic carbocycles. The summed E-state index contributed by atoms with van der Waals surface area (Å²) in [4.78, 5) is 22.4. The average molecular weight is 335 g/mol. The fourth-order valence-electron chi connectivity index (χ4n) is 2.40. The van der Waals surface area contributed by atoms with Crippen LogP contribution in [0.4, 0.5) is 13.2 Å². The van der Waals surface area contributed by atoms with Gasteiger partial charge in [-0.05, 0) is 37.5 Å². The van der Waals surface area contributed by atoms with Gasteiger partial charge in [0.15, 0.2) is 0 Å². The molecule has 0 N–H and O–H groups in total. The van der Waals surface area contributed by atoms with Gasteiger partial charge in [0, 0.05) is 18.8 Å². The van der Waals surface area contributed by atoms with Crippen molar-refractivity contribution in [2.24, 2.45) is 0 Å². The summed E-state index contributed by atoms with van der Waals surface area (Å²) in [7, 11) is 0. The zero-order valence-corrected chi connectivity index (χ0v) is 13.0. The Balaban J connectivity index is 1.77. The molecule has 1 aliphatic carbocycles. The normalized spacial score (nSPS) is 14.5. The first kappa shape index (κ1) is 16.4. The number of hydrogen-bond donors (Lipinski definition) is 0. The van der Waals surface area contributed by atoms with Gasteiger partial charge in [-0.2, -0.15) is 13.2 Å². The van der Waals surface area contributed by atoms with Gasteiger partial charge < -0.3 is 4.90 Å². The summed E-state index contributed by atoms with van der Waals surface area (Å²) in [5, 5.41) is 0. The van der Waals surface area contributed by atoms with Crippen molar-refractivity contribution in [3.8, 4) is 0 Å². The summed E-state index contributed by atoms with van der Waals surface area (Å²) in [6, 6.07) is 5.01. The molecule has 1 fully saturated rings. The number of carbonyl (C=O) groups excluding carboxylic acids is 1. The maximum Gasteiger partial charge on any atom is 0.416 e. The Bertz CT molecular complexity index is 722. The molecule has 0 unspecified atom stereocenters. The van der Waals surface area contributed by atoms with E-state index in [-0.39, 0.29) is 24.2 Å². The third-order valence-corrected chi connectivity index (χ3v) is 3.88. The number of nitrogens with zero attached hydrogens (tertiary/aromatic N) is 3. The second kappa shape index (κ2) is 6.22. The maximum absolute atomic E-state index is 12.6. The zero-order chi connectivity index (χ0) is 17.3. The van der Waals surface area contributed by atoms with E-state index < -0.39 is 11.7 Å². The molecule has 1 saturated carbocycles. The highest BCUT2D eigenvalue weighted by atomic mass is 19.4. The van der Waals surface area contributed by atoms with Crippen molar-refractivity contribution >= 4 is 5.91 Å². The van der Waals surface area contributed by atoms with Crippen LogP contribution in [-0.4, -0.2) is 26.8 Å². The van der Waals surface area contributed by atoms with Crippen LogP contribution in [0.2, 0.25) is 0 Å². The predicted molar refractivity (Wildman–Crippen MR) is 81.1 cm³/mol. The number of aryl methyl sites for hydroxylation is 1. The lowest BCUT2D eigenvalue weighted by Gasteiger charge is -2.22. The quantitative estimate of drug-likeness (QED) is 0.857. The summed E-state index contributed by atoms with van der Waals surface area (Å²) in [6.45, 7) is 2.04. The third-order valence-electron chi connectivity index (χ3n) is 3.88. The lowest BCUT2D eigenvalue weighted by molar-refractivity contribution is -0.137. The largest absolute Gasteiger partial charge is 0.416 e. The maximum atomic E-state index is 12.6. The topological polar surface area (TPSA) is 46.1 Å². The molecule has 1 heterocycles. The van der Waals surface area contributed by atoms with E-state index in [2.05, 4.69) is 9.97 Å². The van der Waals surface area contributed by atoms with Crippen molar-refractivity contribution in [1.29, 1.82) is 0 Å². The number of benzene rings is 1. The van der Waals surface area contributed by atoms with Crippen molar-refractivity contribution in [1.82, 2.24) is 14.9 Å². The Hall–Kier alpha value is -2.44. The molecule has 24 heavy (non-hydrogen) atoms. The van der Waals surface area contributed by atoms with Crippen molar-refractivity contribution in [3.05, 3.63) is 59.2 Å². The second-order valence-corrected chi connectivity index (χ2v) is 5.90. The van der Waals surface area contributed by atoms with Crippen LogP contribution >= 0.6 is 0 Å². The summed E-state index contributed by atoms with van der Waals surface area (Å²) >= 11 is 0. The molecular weight excluding hydrogens is 319 g/mol. The van der Waals surface area contributed by atoms with Crippen LogP contribution in [0.1, 0.15) is 40.2 Å². The highest BCUT2D eigenvalue weighted by Gasteiger charge is 2.34. The number of alkyl halides is 3. The summed E-state index contributed by atoms with van der Waals surface area (Å²) in [6.07, 6.45) is 0.385. The van der Waals surface area contributed by atoms with Crippen LogP contribution in [0, 0.1) is 6.92 Å². The SMILES string of the molecule is Cc1cnc(C(=O)N(Cc2ccc(C(F)(F)F)cc2)C2CC2)cn1. The Kier molecular flexibility index (Phi) is 4.26. The molecule has 0 radical (unpaired) electrons. The highest BCUT2D eigenvalue weighted by molar-refractivity contribution is 5.92. The molecule has 1 aliphatic rings. The predicted octanol–water partition coefficient (Wildman–Crippen LogP) is 3.61. The monoisotopic (exact) mass is 335 g/mol. The standard InChI is InChI=1S/C17H16F3N3O/c1-11-8-22-15(9-21-11)16(24)23(14-6-7-14)10-12-2-4-13(5-3-12)17(18,19)20/h2-5,8-9,14H,6-7,10H2,1H3. The lowest BCUT2D eigenvalue weighted by Crippen LogP contribution is -2.33. The smallest absolute Gasteiger partial charge is 0.330 e. The van der Waals surface area contributed by atoms with Crippen LogP contribution in [0.15, 0.2) is 36.7 Å². The van der Waals surface area contributed by atoms with Gasteiger partial charge in [0.2, 0.25) is 0 Å². The highest BCUT2D eigenvalue weighted by Crippen LogP contribution is 2.31. The number of rotatable bonds is 4. The van der Waals surface area contributed by atoms with Gasteiger partial charge in [-0.25, -0.2) is 4.98 Å². The van der Waals surface area contributed by atoms with Crippen LogP contribution < -0.4 is 0 Å². The molecule has 4 nitrogen and oxygen atoms in total. The van der Waals surface area contributed by atoms with Gasteiger partial charge >= 0.3 is 6.18 Å². The average Bonchev–Trinajstić information content (AvgIpc) is 3.37. The molecule has 0 saturated heterocycles. The molecule has 0 atom stereocenters. The minimum absolute atomic E-state index is 0.114. The van der Waals surface area contributed by atoms with Crippen molar-refractivity contribution in [2.45, 2.75) is 38.5 Å². The minimum atomic E-state index is -4.36. The number of amides is 1. The lowest BCUT2D eigenvalue weighted by atomic mass is 10.1. The van der Waals surface area contributed by atoms with Gasteiger partial charge in [0.05, 0.1) is 17.5 Å². The first-order chi connectivity index (χ1) is 11.3. The zero-order valence-electron chi connectivity index (χ0n) is 13.0. The van der Waals surface area contributed by atoms with E-state index in [9.17, 15) is 18.0 Å². The van der Waals surface area contributed by atoms with Gasteiger partial charge in [-0.1, -0.05) is 12.1 Å². The van der Waals surface area contributed by atoms with E-state index in [0.717, 1.165) is 25.0 Å². The minimum Gasteiger partial charge on any atom is -0.330 e. The van der Waals surface area contributed by atoms with Gasteiger partial charge in [-0.3, -0.25) is 9.78 Å². The number of carbonyl (C=O) groups is 1. The van der Waals surface area contributed by atoms with Gasteiger partial charge in [-0.15, -0.1) is 0 Å². The van der Waals surface area contributed by atoms with E-state index >= 15 is 0 Å². The molecule has 3 rings (SSSR count). The summed E-state index contributed by atoms with van der Waals surface area (Å²) in [5.41, 5.74) is 0.926. The van der Waals surface area contributed by atoms with E-state index in [4.69, 9.17) is 0 Å². The summed E-state index contributed by atoms with van der Waals surface area (Å²) in [5.74, 6) is -0.245. The molecule has 0 bridgehead atoms.